The molecule has 0 aromatic carbocycles. The zero-order valence-electron chi connectivity index (χ0n) is 35.5. The van der Waals surface area contributed by atoms with Crippen molar-refractivity contribution in [2.75, 3.05) is 6.61 Å². The topological polar surface area (TPSA) is 206 Å². The van der Waals surface area contributed by atoms with E-state index in [-0.39, 0.29) is 12.3 Å². The molecule has 13 heteroatoms. The Hall–Kier alpha value is -0.660. The van der Waals surface area contributed by atoms with Gasteiger partial charge in [0.05, 0.1) is 18.8 Å². The maximum absolute atomic E-state index is 12.9. The molecule has 1 amide bonds. The molecule has 12 nitrogen and oxygen atoms in total. The molecular weight excluding hydrogens is 737 g/mol. The van der Waals surface area contributed by atoms with Crippen LogP contribution in [0.15, 0.2) is 0 Å². The third kappa shape index (κ3) is 25.7. The Labute approximate surface area is 340 Å². The Morgan fingerprint density at radius 2 is 0.857 bits per heavy atom. The van der Waals surface area contributed by atoms with Gasteiger partial charge in [0.25, 0.3) is 0 Å². The number of aliphatic hydroxyl groups excluding tert-OH is 6. The predicted octanol–water partition coefficient (Wildman–Crippen LogP) is 8.29. The fourth-order valence-electron chi connectivity index (χ4n) is 7.61. The average molecular weight is 824 g/mol. The summed E-state index contributed by atoms with van der Waals surface area (Å²) in [5.41, 5.74) is 0. The Morgan fingerprint density at radius 3 is 1.23 bits per heavy atom. The number of nitrogens with one attached hydrogen (secondary N) is 1. The van der Waals surface area contributed by atoms with Crippen LogP contribution in [-0.2, 0) is 18.4 Å². The van der Waals surface area contributed by atoms with Gasteiger partial charge in [-0.1, -0.05) is 194 Å². The highest BCUT2D eigenvalue weighted by Crippen LogP contribution is 2.47. The van der Waals surface area contributed by atoms with E-state index in [2.05, 4.69) is 19.2 Å². The summed E-state index contributed by atoms with van der Waals surface area (Å²) in [6.45, 7) is 3.89. The summed E-state index contributed by atoms with van der Waals surface area (Å²) in [6.07, 6.45) is 22.8. The molecule has 1 aliphatic carbocycles. The van der Waals surface area contributed by atoms with Crippen molar-refractivity contribution in [3.05, 3.63) is 0 Å². The predicted molar refractivity (Wildman–Crippen MR) is 223 cm³/mol. The minimum atomic E-state index is -5.05. The van der Waals surface area contributed by atoms with Crippen LogP contribution in [0.5, 0.6) is 0 Å². The summed E-state index contributed by atoms with van der Waals surface area (Å²) in [4.78, 5) is 23.4. The van der Waals surface area contributed by atoms with Crippen LogP contribution in [0.3, 0.4) is 0 Å². The SMILES string of the molecule is CCCCCCCCCCCCCCCCCCC(=O)N[C@@H](COP(=O)(O)OC1C(O)C(O)C(O)[C@@H](O)C1O)[C@H](O)CCCCCCCCCCCCCCC. The van der Waals surface area contributed by atoms with Crippen LogP contribution in [0.1, 0.15) is 213 Å². The highest BCUT2D eigenvalue weighted by atomic mass is 31.2. The van der Waals surface area contributed by atoms with Crippen molar-refractivity contribution >= 4 is 13.7 Å². The maximum Gasteiger partial charge on any atom is 0.472 e. The molecule has 1 aliphatic rings. The van der Waals surface area contributed by atoms with Crippen LogP contribution in [-0.4, -0.2) is 96.8 Å². The molecule has 1 rings (SSSR count). The highest BCUT2D eigenvalue weighted by Gasteiger charge is 2.51. The van der Waals surface area contributed by atoms with Gasteiger partial charge in [0.2, 0.25) is 5.91 Å². The molecule has 0 saturated heterocycles. The van der Waals surface area contributed by atoms with Crippen LogP contribution >= 0.6 is 7.82 Å². The standard InChI is InChI=1S/C43H86NO11P/c1-3-5-7-9-11-13-15-17-18-19-21-23-25-27-29-31-33-37(46)44-35(36(45)32-30-28-26-24-22-20-16-14-12-10-8-6-4-2)34-54-56(52,53)55-43-41(50)39(48)38(47)40(49)42(43)51/h35-36,38-43,45,47-51H,3-34H2,1-2H3,(H,44,46)(H,52,53)/t35-,36+,38?,39+,40?,41?,42?,43?/m0/s1. The van der Waals surface area contributed by atoms with E-state index < -0.39 is 63.2 Å². The lowest BCUT2D eigenvalue weighted by Crippen LogP contribution is -2.64. The molecule has 0 aromatic rings. The van der Waals surface area contributed by atoms with Gasteiger partial charge < -0.3 is 40.8 Å². The molecule has 9 atom stereocenters. The van der Waals surface area contributed by atoms with Crippen molar-refractivity contribution in [1.29, 1.82) is 0 Å². The molecule has 334 valence electrons. The lowest BCUT2D eigenvalue weighted by Gasteiger charge is -2.41. The fourth-order valence-corrected chi connectivity index (χ4v) is 8.58. The van der Waals surface area contributed by atoms with E-state index in [0.717, 1.165) is 38.5 Å². The van der Waals surface area contributed by atoms with Crippen molar-refractivity contribution in [3.63, 3.8) is 0 Å². The van der Waals surface area contributed by atoms with Gasteiger partial charge in [-0.15, -0.1) is 0 Å². The Balaban J connectivity index is 2.46. The van der Waals surface area contributed by atoms with E-state index in [1.807, 2.05) is 0 Å². The maximum atomic E-state index is 12.9. The lowest BCUT2D eigenvalue weighted by molar-refractivity contribution is -0.220. The van der Waals surface area contributed by atoms with Gasteiger partial charge in [-0.05, 0) is 12.8 Å². The quantitative estimate of drug-likeness (QED) is 0.0220. The molecule has 0 aliphatic heterocycles. The smallest absolute Gasteiger partial charge is 0.391 e. The number of carbonyl (C=O) groups excluding carboxylic acids is 1. The first kappa shape index (κ1) is 53.4. The number of carbonyl (C=O) groups is 1. The van der Waals surface area contributed by atoms with Crippen LogP contribution in [0.25, 0.3) is 0 Å². The molecule has 0 bridgehead atoms. The van der Waals surface area contributed by atoms with E-state index >= 15 is 0 Å². The summed E-state index contributed by atoms with van der Waals surface area (Å²) >= 11 is 0. The summed E-state index contributed by atoms with van der Waals surface area (Å²) in [6, 6.07) is -1.02. The zero-order valence-corrected chi connectivity index (χ0v) is 36.4. The number of phosphoric ester groups is 1. The lowest BCUT2D eigenvalue weighted by atomic mass is 9.85. The molecule has 6 unspecified atom stereocenters. The first-order valence-corrected chi connectivity index (χ1v) is 24.5. The van der Waals surface area contributed by atoms with E-state index in [1.165, 1.54) is 135 Å². The molecule has 56 heavy (non-hydrogen) atoms. The number of hydrogen-bond donors (Lipinski definition) is 8. The third-order valence-electron chi connectivity index (χ3n) is 11.4. The van der Waals surface area contributed by atoms with Crippen molar-refractivity contribution in [1.82, 2.24) is 5.32 Å². The van der Waals surface area contributed by atoms with Gasteiger partial charge in [-0.2, -0.15) is 0 Å². The third-order valence-corrected chi connectivity index (χ3v) is 12.4. The molecule has 0 radical (unpaired) electrons. The number of unbranched alkanes of at least 4 members (excludes halogenated alkanes) is 27. The van der Waals surface area contributed by atoms with Gasteiger partial charge in [-0.25, -0.2) is 4.57 Å². The van der Waals surface area contributed by atoms with Crippen molar-refractivity contribution in [3.8, 4) is 0 Å². The Morgan fingerprint density at radius 1 is 0.536 bits per heavy atom. The van der Waals surface area contributed by atoms with Crippen LogP contribution in [0, 0.1) is 0 Å². The molecular formula is C43H86NO11P. The summed E-state index contributed by atoms with van der Waals surface area (Å²) in [5.74, 6) is -0.305. The number of hydrogen-bond acceptors (Lipinski definition) is 10. The van der Waals surface area contributed by atoms with E-state index in [9.17, 15) is 44.9 Å². The van der Waals surface area contributed by atoms with Crippen LogP contribution in [0.4, 0.5) is 0 Å². The van der Waals surface area contributed by atoms with Gasteiger partial charge in [0.1, 0.15) is 36.6 Å². The largest absolute Gasteiger partial charge is 0.472 e. The molecule has 1 fully saturated rings. The van der Waals surface area contributed by atoms with E-state index in [4.69, 9.17) is 9.05 Å². The molecule has 0 aromatic heterocycles. The van der Waals surface area contributed by atoms with Gasteiger partial charge in [0, 0.05) is 6.42 Å². The Bertz CT molecular complexity index is 962. The second-order valence-electron chi connectivity index (χ2n) is 16.6. The second-order valence-corrected chi connectivity index (χ2v) is 18.0. The minimum absolute atomic E-state index is 0.242. The van der Waals surface area contributed by atoms with Crippen LogP contribution in [0.2, 0.25) is 0 Å². The number of rotatable bonds is 38. The van der Waals surface area contributed by atoms with Crippen LogP contribution < -0.4 is 5.32 Å². The first-order valence-electron chi connectivity index (χ1n) is 23.0. The van der Waals surface area contributed by atoms with Crippen molar-refractivity contribution in [2.24, 2.45) is 0 Å². The normalized spacial score (nSPS) is 23.5. The van der Waals surface area contributed by atoms with Gasteiger partial charge in [0.15, 0.2) is 0 Å². The molecule has 8 N–H and O–H groups in total. The van der Waals surface area contributed by atoms with Crippen molar-refractivity contribution in [2.45, 2.75) is 262 Å². The number of amides is 1. The first-order chi connectivity index (χ1) is 26.9. The molecule has 0 spiro atoms. The van der Waals surface area contributed by atoms with Gasteiger partial charge >= 0.3 is 7.82 Å². The minimum Gasteiger partial charge on any atom is -0.391 e. The van der Waals surface area contributed by atoms with E-state index in [1.54, 1.807) is 0 Å². The van der Waals surface area contributed by atoms with Gasteiger partial charge in [-0.3, -0.25) is 13.8 Å². The average Bonchev–Trinajstić information content (AvgIpc) is 3.18. The summed E-state index contributed by atoms with van der Waals surface area (Å²) < 4.78 is 22.9. The number of phosphoric acid groups is 1. The second kappa shape index (κ2) is 34.1. The molecule has 0 heterocycles. The Kier molecular flexibility index (Phi) is 32.5. The zero-order chi connectivity index (χ0) is 41.4. The molecule has 1 saturated carbocycles. The monoisotopic (exact) mass is 824 g/mol. The number of aliphatic hydroxyl groups is 6. The summed E-state index contributed by atoms with van der Waals surface area (Å²) in [5, 5.41) is 64.1. The summed E-state index contributed by atoms with van der Waals surface area (Å²) in [7, 11) is -5.05. The van der Waals surface area contributed by atoms with E-state index in [0.29, 0.717) is 19.3 Å². The fraction of sp³-hybridized carbons (Fsp3) is 0.977. The highest BCUT2D eigenvalue weighted by molar-refractivity contribution is 7.47. The van der Waals surface area contributed by atoms with Crippen molar-refractivity contribution < 1.29 is 53.9 Å².